The second kappa shape index (κ2) is 8.56. The highest BCUT2D eigenvalue weighted by Crippen LogP contribution is 2.41. The van der Waals surface area contributed by atoms with Crippen LogP contribution in [-0.2, 0) is 4.84 Å². The minimum absolute atomic E-state index is 0.484. The Bertz CT molecular complexity index is 791. The van der Waals surface area contributed by atoms with Crippen molar-refractivity contribution in [1.29, 1.82) is 0 Å². The Morgan fingerprint density at radius 1 is 1.00 bits per heavy atom. The van der Waals surface area contributed by atoms with Crippen LogP contribution in [0.1, 0.15) is 35.7 Å². The fourth-order valence-corrected chi connectivity index (χ4v) is 2.73. The molecule has 26 heavy (non-hydrogen) atoms. The molecular weight excluding hydrogens is 332 g/mol. The summed E-state index contributed by atoms with van der Waals surface area (Å²) in [6.07, 6.45) is 0.731. The number of hydrogen-bond acceptors (Lipinski definition) is 6. The third-order valence-electron chi connectivity index (χ3n) is 4.01. The number of aryl methyl sites for hydroxylation is 2. The molecule has 0 aliphatic heterocycles. The largest absolute Gasteiger partial charge is 0.493 e. The summed E-state index contributed by atoms with van der Waals surface area (Å²) in [5.41, 5.74) is 4.49. The van der Waals surface area contributed by atoms with Crippen molar-refractivity contribution in [3.05, 3.63) is 40.6 Å². The quantitative estimate of drug-likeness (QED) is 0.536. The summed E-state index contributed by atoms with van der Waals surface area (Å²) in [6, 6.07) is 5.77. The molecule has 2 aromatic rings. The Balaban J connectivity index is 2.58. The first-order valence-corrected chi connectivity index (χ1v) is 8.44. The van der Waals surface area contributed by atoms with Crippen LogP contribution in [0.2, 0.25) is 0 Å². The van der Waals surface area contributed by atoms with Crippen LogP contribution < -0.4 is 14.2 Å². The molecule has 140 valence electrons. The van der Waals surface area contributed by atoms with E-state index in [1.54, 1.807) is 21.3 Å². The van der Waals surface area contributed by atoms with Gasteiger partial charge in [0.25, 0.3) is 0 Å². The van der Waals surface area contributed by atoms with Crippen LogP contribution in [0.5, 0.6) is 23.1 Å². The molecule has 0 radical (unpaired) electrons. The van der Waals surface area contributed by atoms with Crippen molar-refractivity contribution < 1.29 is 19.0 Å². The lowest BCUT2D eigenvalue weighted by atomic mass is 10.0. The van der Waals surface area contributed by atoms with E-state index >= 15 is 0 Å². The smallest absolute Gasteiger partial charge is 0.223 e. The average molecular weight is 358 g/mol. The predicted molar refractivity (Wildman–Crippen MR) is 102 cm³/mol. The van der Waals surface area contributed by atoms with Gasteiger partial charge in [0.1, 0.15) is 7.11 Å². The zero-order valence-electron chi connectivity index (χ0n) is 16.5. The van der Waals surface area contributed by atoms with E-state index in [4.69, 9.17) is 19.0 Å². The number of nitrogens with zero attached hydrogens (tertiary/aromatic N) is 2. The second-order valence-electron chi connectivity index (χ2n) is 5.92. The molecule has 0 spiro atoms. The van der Waals surface area contributed by atoms with Crippen LogP contribution in [0.15, 0.2) is 23.4 Å². The van der Waals surface area contributed by atoms with Gasteiger partial charge in [-0.3, -0.25) is 0 Å². The number of pyridine rings is 1. The molecule has 0 amide bonds. The van der Waals surface area contributed by atoms with Crippen molar-refractivity contribution in [2.24, 2.45) is 5.16 Å². The maximum absolute atomic E-state index is 6.15. The lowest BCUT2D eigenvalue weighted by Crippen LogP contribution is -2.07. The summed E-state index contributed by atoms with van der Waals surface area (Å²) in [7, 11) is 4.74. The minimum Gasteiger partial charge on any atom is -0.493 e. The van der Waals surface area contributed by atoms with E-state index < -0.39 is 0 Å². The van der Waals surface area contributed by atoms with Gasteiger partial charge in [0.05, 0.1) is 19.9 Å². The second-order valence-corrected chi connectivity index (χ2v) is 5.92. The van der Waals surface area contributed by atoms with Crippen molar-refractivity contribution in [3.63, 3.8) is 0 Å². The third kappa shape index (κ3) is 4.07. The summed E-state index contributed by atoms with van der Waals surface area (Å²) in [5.74, 6) is 2.16. The summed E-state index contributed by atoms with van der Waals surface area (Å²) < 4.78 is 17.1. The fraction of sp³-hybridized carbons (Fsp3) is 0.400. The zero-order valence-corrected chi connectivity index (χ0v) is 16.5. The third-order valence-corrected chi connectivity index (χ3v) is 4.01. The summed E-state index contributed by atoms with van der Waals surface area (Å²) in [5, 5.41) is 4.13. The van der Waals surface area contributed by atoms with Crippen LogP contribution in [0.25, 0.3) is 0 Å². The Labute approximate surface area is 154 Å². The summed E-state index contributed by atoms with van der Waals surface area (Å²) >= 11 is 0. The molecule has 1 aromatic carbocycles. The molecule has 0 N–H and O–H groups in total. The molecule has 0 bridgehead atoms. The molecule has 6 nitrogen and oxygen atoms in total. The van der Waals surface area contributed by atoms with Crippen LogP contribution >= 0.6 is 0 Å². The molecule has 0 aliphatic rings. The molecule has 6 heteroatoms. The van der Waals surface area contributed by atoms with Crippen LogP contribution in [0.4, 0.5) is 0 Å². The van der Waals surface area contributed by atoms with Crippen molar-refractivity contribution in [1.82, 2.24) is 4.98 Å². The number of benzene rings is 1. The Morgan fingerprint density at radius 3 is 2.12 bits per heavy atom. The molecule has 0 aliphatic carbocycles. The van der Waals surface area contributed by atoms with Gasteiger partial charge in [-0.15, -0.1) is 0 Å². The Hall–Kier alpha value is -2.76. The van der Waals surface area contributed by atoms with Crippen LogP contribution in [0.3, 0.4) is 0 Å². The highest BCUT2D eigenvalue weighted by Gasteiger charge is 2.19. The van der Waals surface area contributed by atoms with Crippen molar-refractivity contribution in [2.75, 3.05) is 21.3 Å². The van der Waals surface area contributed by atoms with E-state index in [1.807, 2.05) is 45.9 Å². The number of oxime groups is 1. The molecule has 0 unspecified atom stereocenters. The van der Waals surface area contributed by atoms with Gasteiger partial charge in [-0.2, -0.15) is 0 Å². The first kappa shape index (κ1) is 19.6. The zero-order chi connectivity index (χ0) is 19.3. The monoisotopic (exact) mass is 358 g/mol. The maximum Gasteiger partial charge on any atom is 0.223 e. The number of hydrogen-bond donors (Lipinski definition) is 0. The van der Waals surface area contributed by atoms with Gasteiger partial charge < -0.3 is 19.0 Å². The highest BCUT2D eigenvalue weighted by atomic mass is 16.6. The lowest BCUT2D eigenvalue weighted by Gasteiger charge is -2.17. The lowest BCUT2D eigenvalue weighted by molar-refractivity contribution is 0.213. The number of ether oxygens (including phenoxy) is 3. The molecule has 0 saturated heterocycles. The topological polar surface area (TPSA) is 62.2 Å². The molecule has 1 heterocycles. The molecule has 2 rings (SSSR count). The minimum atomic E-state index is 0.484. The van der Waals surface area contributed by atoms with E-state index in [9.17, 15) is 0 Å². The summed E-state index contributed by atoms with van der Waals surface area (Å²) in [6.45, 7) is 7.86. The predicted octanol–water partition coefficient (Wildman–Crippen LogP) is 4.58. The van der Waals surface area contributed by atoms with Crippen molar-refractivity contribution in [3.8, 4) is 23.1 Å². The van der Waals surface area contributed by atoms with Gasteiger partial charge >= 0.3 is 0 Å². The molecule has 0 saturated carbocycles. The normalized spacial score (nSPS) is 11.3. The molecule has 0 atom stereocenters. The van der Waals surface area contributed by atoms with Gasteiger partial charge in [-0.1, -0.05) is 12.1 Å². The van der Waals surface area contributed by atoms with Crippen LogP contribution in [0, 0.1) is 20.8 Å². The first-order valence-electron chi connectivity index (χ1n) is 8.44. The number of aromatic nitrogens is 1. The molecular formula is C20H26N2O4. The maximum atomic E-state index is 6.15. The van der Waals surface area contributed by atoms with Gasteiger partial charge in [0.15, 0.2) is 11.5 Å². The first-order chi connectivity index (χ1) is 12.4. The molecule has 1 aromatic heterocycles. The van der Waals surface area contributed by atoms with Gasteiger partial charge in [0, 0.05) is 16.8 Å². The summed E-state index contributed by atoms with van der Waals surface area (Å²) in [4.78, 5) is 9.52. The average Bonchev–Trinajstić information content (AvgIpc) is 2.63. The SMILES string of the molecule is CC/C(=N/OC)c1cc(C)nc(Oc2c(OC)cc(C)cc2OC)c1C. The molecule has 0 fully saturated rings. The van der Waals surface area contributed by atoms with E-state index in [1.165, 1.54) is 0 Å². The van der Waals surface area contributed by atoms with E-state index in [2.05, 4.69) is 10.1 Å². The van der Waals surface area contributed by atoms with Gasteiger partial charge in [-0.05, 0) is 51.0 Å². The van der Waals surface area contributed by atoms with Gasteiger partial charge in [-0.25, -0.2) is 4.98 Å². The van der Waals surface area contributed by atoms with E-state index in [0.717, 1.165) is 34.5 Å². The van der Waals surface area contributed by atoms with Crippen molar-refractivity contribution in [2.45, 2.75) is 34.1 Å². The Morgan fingerprint density at radius 2 is 1.62 bits per heavy atom. The number of methoxy groups -OCH3 is 2. The highest BCUT2D eigenvalue weighted by molar-refractivity contribution is 6.01. The van der Waals surface area contributed by atoms with E-state index in [0.29, 0.717) is 23.1 Å². The van der Waals surface area contributed by atoms with E-state index in [-0.39, 0.29) is 0 Å². The van der Waals surface area contributed by atoms with Crippen molar-refractivity contribution >= 4 is 5.71 Å². The van der Waals surface area contributed by atoms with Crippen LogP contribution in [-0.4, -0.2) is 32.0 Å². The van der Waals surface area contributed by atoms with Gasteiger partial charge in [0.2, 0.25) is 11.6 Å². The fourth-order valence-electron chi connectivity index (χ4n) is 2.73. The number of rotatable bonds is 7. The standard InChI is InChI=1S/C20H26N2O4/c1-8-16(22-25-7)15-11-13(3)21-20(14(15)4)26-19-17(23-5)9-12(2)10-18(19)24-6/h9-11H,8H2,1-7H3/b22-16-. The Kier molecular flexibility index (Phi) is 6.44.